The van der Waals surface area contributed by atoms with Gasteiger partial charge in [0.1, 0.15) is 5.78 Å². The first-order valence-electron chi connectivity index (χ1n) is 8.25. The van der Waals surface area contributed by atoms with Gasteiger partial charge in [0.2, 0.25) is 0 Å². The molecular weight excluding hydrogens is 252 g/mol. The number of likely N-dealkylation sites (tertiary alicyclic amines) is 2. The van der Waals surface area contributed by atoms with Crippen molar-refractivity contribution in [3.05, 3.63) is 0 Å². The average molecular weight is 280 g/mol. The Bertz CT molecular complexity index is 350. The van der Waals surface area contributed by atoms with E-state index >= 15 is 0 Å². The molecule has 3 fully saturated rings. The van der Waals surface area contributed by atoms with Crippen LogP contribution in [0.5, 0.6) is 0 Å². The zero-order valence-electron chi connectivity index (χ0n) is 12.9. The zero-order chi connectivity index (χ0) is 14.1. The number of nitrogens with zero attached hydrogens (tertiary/aromatic N) is 2. The first kappa shape index (κ1) is 14.5. The second-order valence-electron chi connectivity index (χ2n) is 6.87. The van der Waals surface area contributed by atoms with Crippen molar-refractivity contribution < 1.29 is 9.53 Å². The van der Waals surface area contributed by atoms with Gasteiger partial charge >= 0.3 is 0 Å². The Kier molecular flexibility index (Phi) is 4.43. The molecule has 0 aromatic heterocycles. The molecule has 114 valence electrons. The van der Waals surface area contributed by atoms with Gasteiger partial charge in [0.05, 0.1) is 18.8 Å². The Balaban J connectivity index is 1.40. The maximum atomic E-state index is 11.5. The van der Waals surface area contributed by atoms with Gasteiger partial charge in [0, 0.05) is 32.1 Å². The molecule has 4 nitrogen and oxygen atoms in total. The number of carbonyl (C=O) groups is 1. The van der Waals surface area contributed by atoms with Crippen LogP contribution in [0.2, 0.25) is 0 Å². The first-order chi connectivity index (χ1) is 9.65. The van der Waals surface area contributed by atoms with Gasteiger partial charge < -0.3 is 9.64 Å². The molecule has 2 bridgehead atoms. The second kappa shape index (κ2) is 6.12. The molecule has 0 amide bonds. The third-order valence-corrected chi connectivity index (χ3v) is 5.45. The predicted octanol–water partition coefficient (Wildman–Crippen LogP) is 1.54. The van der Waals surface area contributed by atoms with E-state index in [4.69, 9.17) is 4.74 Å². The molecular formula is C16H28N2O2. The van der Waals surface area contributed by atoms with Gasteiger partial charge in [-0.2, -0.15) is 0 Å². The molecule has 3 atom stereocenters. The lowest BCUT2D eigenvalue weighted by Gasteiger charge is -2.36. The number of ether oxygens (including phenoxy) is 1. The van der Waals surface area contributed by atoms with Crippen molar-refractivity contribution in [2.45, 2.75) is 57.3 Å². The number of hydrogen-bond acceptors (Lipinski definition) is 4. The number of rotatable bonds is 5. The van der Waals surface area contributed by atoms with E-state index in [9.17, 15) is 4.79 Å². The van der Waals surface area contributed by atoms with Gasteiger partial charge in [-0.3, -0.25) is 9.69 Å². The van der Waals surface area contributed by atoms with E-state index in [1.54, 1.807) is 0 Å². The van der Waals surface area contributed by atoms with Crippen molar-refractivity contribution in [1.82, 2.24) is 9.80 Å². The van der Waals surface area contributed by atoms with Crippen LogP contribution in [0.3, 0.4) is 0 Å². The molecule has 20 heavy (non-hydrogen) atoms. The molecule has 2 aliphatic heterocycles. The molecule has 1 aliphatic carbocycles. The number of carbonyl (C=O) groups excluding carboxylic acids is 1. The average Bonchev–Trinajstić information content (AvgIpc) is 3.00. The van der Waals surface area contributed by atoms with Crippen molar-refractivity contribution in [3.8, 4) is 0 Å². The zero-order valence-corrected chi connectivity index (χ0v) is 12.9. The van der Waals surface area contributed by atoms with E-state index in [0.717, 1.165) is 37.9 Å². The number of piperidine rings is 2. The molecule has 0 N–H and O–H groups in total. The fraction of sp³-hybridized carbons (Fsp3) is 0.938. The summed E-state index contributed by atoms with van der Waals surface area (Å²) in [6.07, 6.45) is 6.36. The third-order valence-electron chi connectivity index (χ3n) is 5.45. The Morgan fingerprint density at radius 2 is 2.00 bits per heavy atom. The maximum Gasteiger partial charge on any atom is 0.146 e. The van der Waals surface area contributed by atoms with Crippen LogP contribution in [0, 0.1) is 5.92 Å². The van der Waals surface area contributed by atoms with E-state index in [1.807, 2.05) is 6.92 Å². The van der Waals surface area contributed by atoms with Crippen LogP contribution in [0.25, 0.3) is 0 Å². The quantitative estimate of drug-likeness (QED) is 0.765. The molecule has 0 aromatic carbocycles. The van der Waals surface area contributed by atoms with Gasteiger partial charge in [-0.1, -0.05) is 6.92 Å². The fourth-order valence-electron chi connectivity index (χ4n) is 4.11. The fourth-order valence-corrected chi connectivity index (χ4v) is 4.11. The van der Waals surface area contributed by atoms with E-state index in [1.165, 1.54) is 19.4 Å². The Hall–Kier alpha value is -0.450. The second-order valence-corrected chi connectivity index (χ2v) is 6.87. The lowest BCUT2D eigenvalue weighted by Crippen LogP contribution is -2.43. The highest BCUT2D eigenvalue weighted by Crippen LogP contribution is 2.39. The van der Waals surface area contributed by atoms with Crippen molar-refractivity contribution in [2.24, 2.45) is 5.92 Å². The summed E-state index contributed by atoms with van der Waals surface area (Å²) in [6.45, 7) is 5.86. The Morgan fingerprint density at radius 1 is 1.25 bits per heavy atom. The normalized spacial score (nSPS) is 35.8. The Morgan fingerprint density at radius 3 is 2.55 bits per heavy atom. The highest BCUT2D eigenvalue weighted by Gasteiger charge is 2.44. The molecule has 2 saturated heterocycles. The van der Waals surface area contributed by atoms with E-state index in [-0.39, 0.29) is 0 Å². The van der Waals surface area contributed by atoms with Gasteiger partial charge in [0.25, 0.3) is 0 Å². The minimum atomic E-state index is 0.362. The van der Waals surface area contributed by atoms with Crippen LogP contribution in [0.15, 0.2) is 0 Å². The largest absolute Gasteiger partial charge is 0.374 e. The summed E-state index contributed by atoms with van der Waals surface area (Å²) in [4.78, 5) is 16.3. The van der Waals surface area contributed by atoms with E-state index in [2.05, 4.69) is 16.8 Å². The summed E-state index contributed by atoms with van der Waals surface area (Å²) in [7, 11) is 2.24. The SMILES string of the molecule is CCC(=O)CN1CCC(O[C@H]2C[C@@H]3C[C@H]2CN3C)CC1. The lowest BCUT2D eigenvalue weighted by atomic mass is 10.0. The minimum absolute atomic E-state index is 0.362. The monoisotopic (exact) mass is 280 g/mol. The Labute approximate surface area is 122 Å². The van der Waals surface area contributed by atoms with Gasteiger partial charge in [0.15, 0.2) is 0 Å². The van der Waals surface area contributed by atoms with Crippen LogP contribution < -0.4 is 0 Å². The highest BCUT2D eigenvalue weighted by molar-refractivity contribution is 5.80. The highest BCUT2D eigenvalue weighted by atomic mass is 16.5. The van der Waals surface area contributed by atoms with Crippen LogP contribution >= 0.6 is 0 Å². The van der Waals surface area contributed by atoms with E-state index in [0.29, 0.717) is 31.0 Å². The van der Waals surface area contributed by atoms with Crippen molar-refractivity contribution in [2.75, 3.05) is 33.2 Å². The predicted molar refractivity (Wildman–Crippen MR) is 78.8 cm³/mol. The number of Topliss-reactive ketones (excluding diaryl/α,β-unsaturated/α-hetero) is 1. The van der Waals surface area contributed by atoms with Gasteiger partial charge in [-0.15, -0.1) is 0 Å². The van der Waals surface area contributed by atoms with Gasteiger partial charge in [-0.05, 0) is 38.6 Å². The smallest absolute Gasteiger partial charge is 0.146 e. The summed E-state index contributed by atoms with van der Waals surface area (Å²) in [6, 6.07) is 0.771. The van der Waals surface area contributed by atoms with Crippen molar-refractivity contribution >= 4 is 5.78 Å². The number of ketones is 1. The number of fused-ring (bicyclic) bond motifs is 2. The van der Waals surface area contributed by atoms with Crippen LogP contribution in [-0.2, 0) is 9.53 Å². The summed E-state index contributed by atoms with van der Waals surface area (Å²) in [5.74, 6) is 1.13. The molecule has 2 heterocycles. The molecule has 0 aromatic rings. The summed E-state index contributed by atoms with van der Waals surface area (Å²) in [5, 5.41) is 0. The first-order valence-corrected chi connectivity index (χ1v) is 8.25. The molecule has 3 aliphatic rings. The summed E-state index contributed by atoms with van der Waals surface area (Å²) >= 11 is 0. The molecule has 4 heteroatoms. The molecule has 3 rings (SSSR count). The van der Waals surface area contributed by atoms with Crippen LogP contribution in [0.4, 0.5) is 0 Å². The molecule has 0 unspecified atom stereocenters. The standard InChI is InChI=1S/C16H28N2O2/c1-3-14(19)11-18-6-4-15(5-7-18)20-16-9-13-8-12(16)10-17(13)2/h12-13,15-16H,3-11H2,1-2H3/t12-,13-,16-/m0/s1. The van der Waals surface area contributed by atoms with E-state index < -0.39 is 0 Å². The van der Waals surface area contributed by atoms with Crippen molar-refractivity contribution in [1.29, 1.82) is 0 Å². The van der Waals surface area contributed by atoms with Crippen LogP contribution in [0.1, 0.15) is 39.0 Å². The molecule has 0 spiro atoms. The molecule has 0 radical (unpaired) electrons. The third kappa shape index (κ3) is 3.07. The summed E-state index contributed by atoms with van der Waals surface area (Å²) < 4.78 is 6.38. The minimum Gasteiger partial charge on any atom is -0.374 e. The lowest BCUT2D eigenvalue weighted by molar-refractivity contribution is -0.121. The van der Waals surface area contributed by atoms with Gasteiger partial charge in [-0.25, -0.2) is 0 Å². The van der Waals surface area contributed by atoms with Crippen molar-refractivity contribution in [3.63, 3.8) is 0 Å². The number of hydrogen-bond donors (Lipinski definition) is 0. The molecule has 1 saturated carbocycles. The topological polar surface area (TPSA) is 32.8 Å². The summed E-state index contributed by atoms with van der Waals surface area (Å²) in [5.41, 5.74) is 0. The maximum absolute atomic E-state index is 11.5. The van der Waals surface area contributed by atoms with Crippen LogP contribution in [-0.4, -0.2) is 67.1 Å².